The number of hydrogen-bond acceptors (Lipinski definition) is 2. The summed E-state index contributed by atoms with van der Waals surface area (Å²) in [7, 11) is 0. The summed E-state index contributed by atoms with van der Waals surface area (Å²) in [5.74, 6) is 0. The average molecular weight is 275 g/mol. The fourth-order valence-corrected chi connectivity index (χ4v) is 3.15. The molecule has 3 heterocycles. The van der Waals surface area contributed by atoms with Crippen LogP contribution in [0.25, 0.3) is 0 Å². The number of rotatable bonds is 0. The van der Waals surface area contributed by atoms with Crippen LogP contribution < -0.4 is 5.32 Å². The molecule has 1 saturated heterocycles. The summed E-state index contributed by atoms with van der Waals surface area (Å²) >= 11 is 2.31. The van der Waals surface area contributed by atoms with E-state index in [0.717, 1.165) is 10.1 Å². The molecule has 2 N–H and O–H groups in total. The Morgan fingerprint density at radius 3 is 3.25 bits per heavy atom. The van der Waals surface area contributed by atoms with Crippen LogP contribution in [-0.4, -0.2) is 16.2 Å². The van der Waals surface area contributed by atoms with Gasteiger partial charge >= 0.3 is 0 Å². The number of aromatic amines is 1. The summed E-state index contributed by atoms with van der Waals surface area (Å²) in [5, 5.41) is 11.0. The molecular formula is C8H10IN3. The van der Waals surface area contributed by atoms with Crippen LogP contribution in [0, 0.1) is 3.70 Å². The Hall–Kier alpha value is -0.100. The highest BCUT2D eigenvalue weighted by Crippen LogP contribution is 2.36. The van der Waals surface area contributed by atoms with Gasteiger partial charge < -0.3 is 5.32 Å². The van der Waals surface area contributed by atoms with Crippen molar-refractivity contribution in [2.24, 2.45) is 0 Å². The Bertz CT molecular complexity index is 320. The maximum absolute atomic E-state index is 4.24. The van der Waals surface area contributed by atoms with Gasteiger partial charge in [-0.2, -0.15) is 5.10 Å². The molecular weight excluding hydrogens is 265 g/mol. The third-order valence-corrected chi connectivity index (χ3v) is 3.70. The molecule has 2 bridgehead atoms. The minimum atomic E-state index is 0.587. The van der Waals surface area contributed by atoms with Gasteiger partial charge in [0.05, 0.1) is 0 Å². The molecule has 12 heavy (non-hydrogen) atoms. The molecule has 3 rings (SSSR count). The topological polar surface area (TPSA) is 40.7 Å². The third kappa shape index (κ3) is 0.877. The van der Waals surface area contributed by atoms with Crippen LogP contribution in [0.4, 0.5) is 0 Å². The van der Waals surface area contributed by atoms with Gasteiger partial charge in [-0.1, -0.05) is 0 Å². The van der Waals surface area contributed by atoms with Gasteiger partial charge in [-0.15, -0.1) is 0 Å². The van der Waals surface area contributed by atoms with E-state index in [1.165, 1.54) is 24.1 Å². The van der Waals surface area contributed by atoms with E-state index in [9.17, 15) is 0 Å². The van der Waals surface area contributed by atoms with Gasteiger partial charge in [0, 0.05) is 29.8 Å². The van der Waals surface area contributed by atoms with Crippen LogP contribution in [0.3, 0.4) is 0 Å². The fraction of sp³-hybridized carbons (Fsp3) is 0.625. The highest BCUT2D eigenvalue weighted by Gasteiger charge is 2.34. The predicted octanol–water partition coefficient (Wildman–Crippen LogP) is 1.36. The highest BCUT2D eigenvalue weighted by atomic mass is 127. The van der Waals surface area contributed by atoms with Crippen LogP contribution in [0.5, 0.6) is 0 Å². The normalized spacial score (nSPS) is 32.1. The smallest absolute Gasteiger partial charge is 0.128 e. The van der Waals surface area contributed by atoms with Crippen molar-refractivity contribution in [1.29, 1.82) is 0 Å². The van der Waals surface area contributed by atoms with Gasteiger partial charge in [0.15, 0.2) is 0 Å². The van der Waals surface area contributed by atoms with Crippen LogP contribution in [0.15, 0.2) is 0 Å². The van der Waals surface area contributed by atoms with Gasteiger partial charge in [-0.05, 0) is 35.4 Å². The largest absolute Gasteiger partial charge is 0.307 e. The molecule has 0 aliphatic carbocycles. The van der Waals surface area contributed by atoms with E-state index in [1.54, 1.807) is 0 Å². The van der Waals surface area contributed by atoms with Crippen LogP contribution in [-0.2, 0) is 6.42 Å². The average Bonchev–Trinajstić information content (AvgIpc) is 2.59. The minimum Gasteiger partial charge on any atom is -0.307 e. The lowest BCUT2D eigenvalue weighted by atomic mass is 10.0. The minimum absolute atomic E-state index is 0.587. The molecule has 0 spiro atoms. The first-order chi connectivity index (χ1) is 5.84. The Balaban J connectivity index is 2.15. The zero-order chi connectivity index (χ0) is 8.13. The predicted molar refractivity (Wildman–Crippen MR) is 53.9 cm³/mol. The molecule has 64 valence electrons. The van der Waals surface area contributed by atoms with Crippen LogP contribution in [0.2, 0.25) is 0 Å². The molecule has 4 heteroatoms. The van der Waals surface area contributed by atoms with Crippen molar-refractivity contribution in [3.8, 4) is 0 Å². The van der Waals surface area contributed by atoms with E-state index in [0.29, 0.717) is 12.1 Å². The Morgan fingerprint density at radius 2 is 2.33 bits per heavy atom. The molecule has 3 nitrogen and oxygen atoms in total. The van der Waals surface area contributed by atoms with Gasteiger partial charge in [0.25, 0.3) is 0 Å². The van der Waals surface area contributed by atoms with Crippen molar-refractivity contribution in [2.75, 3.05) is 0 Å². The first-order valence-corrected chi connectivity index (χ1v) is 5.41. The van der Waals surface area contributed by atoms with Crippen molar-refractivity contribution in [1.82, 2.24) is 15.5 Å². The number of nitrogens with one attached hydrogen (secondary N) is 2. The lowest BCUT2D eigenvalue weighted by molar-refractivity contribution is 0.510. The van der Waals surface area contributed by atoms with E-state index in [-0.39, 0.29) is 0 Å². The summed E-state index contributed by atoms with van der Waals surface area (Å²) in [6, 6.07) is 1.29. The molecule has 0 radical (unpaired) electrons. The number of hydrogen-bond donors (Lipinski definition) is 2. The van der Waals surface area contributed by atoms with Gasteiger partial charge in [-0.3, -0.25) is 5.10 Å². The quantitative estimate of drug-likeness (QED) is 0.702. The second kappa shape index (κ2) is 2.45. The second-order valence-corrected chi connectivity index (χ2v) is 4.63. The first kappa shape index (κ1) is 7.32. The molecule has 1 aromatic heterocycles. The molecule has 0 aromatic carbocycles. The maximum atomic E-state index is 4.24. The Kier molecular flexibility index (Phi) is 1.49. The Morgan fingerprint density at radius 1 is 1.42 bits per heavy atom. The first-order valence-electron chi connectivity index (χ1n) is 4.33. The summed E-state index contributed by atoms with van der Waals surface area (Å²) in [6.45, 7) is 0. The van der Waals surface area contributed by atoms with Crippen molar-refractivity contribution >= 4 is 22.6 Å². The van der Waals surface area contributed by atoms with E-state index < -0.39 is 0 Å². The second-order valence-electron chi connectivity index (χ2n) is 3.60. The Labute approximate surface area is 84.5 Å². The molecule has 2 unspecified atom stereocenters. The van der Waals surface area contributed by atoms with E-state index in [2.05, 4.69) is 38.1 Å². The highest BCUT2D eigenvalue weighted by molar-refractivity contribution is 14.1. The molecule has 1 aromatic rings. The van der Waals surface area contributed by atoms with Gasteiger partial charge in [0.1, 0.15) is 3.70 Å². The standard InChI is InChI=1S/C8H10IN3/c9-8-7-5-2-1-4(10-5)3-6(7)11-12-8/h4-5,10H,1-3H2,(H,11,12). The van der Waals surface area contributed by atoms with Crippen molar-refractivity contribution in [3.05, 3.63) is 15.0 Å². The molecule has 0 saturated carbocycles. The number of nitrogens with zero attached hydrogens (tertiary/aromatic N) is 1. The summed E-state index contributed by atoms with van der Waals surface area (Å²) < 4.78 is 1.15. The number of H-pyrrole nitrogens is 1. The fourth-order valence-electron chi connectivity index (χ4n) is 2.33. The number of fused-ring (bicyclic) bond motifs is 4. The van der Waals surface area contributed by atoms with E-state index >= 15 is 0 Å². The lowest BCUT2D eigenvalue weighted by Gasteiger charge is -2.20. The number of halogens is 1. The van der Waals surface area contributed by atoms with E-state index in [4.69, 9.17) is 0 Å². The molecule has 0 amide bonds. The molecule has 2 atom stereocenters. The van der Waals surface area contributed by atoms with Crippen LogP contribution >= 0.6 is 22.6 Å². The van der Waals surface area contributed by atoms with Gasteiger partial charge in [0.2, 0.25) is 0 Å². The molecule has 2 aliphatic heterocycles. The van der Waals surface area contributed by atoms with Gasteiger partial charge in [-0.25, -0.2) is 0 Å². The third-order valence-electron chi connectivity index (χ3n) is 2.88. The summed E-state index contributed by atoms with van der Waals surface area (Å²) in [4.78, 5) is 0. The summed E-state index contributed by atoms with van der Waals surface area (Å²) in [5.41, 5.74) is 2.80. The maximum Gasteiger partial charge on any atom is 0.128 e. The monoisotopic (exact) mass is 275 g/mol. The SMILES string of the molecule is Ic1n[nH]c2c1C1CCC(C2)N1. The van der Waals surface area contributed by atoms with Crippen molar-refractivity contribution < 1.29 is 0 Å². The van der Waals surface area contributed by atoms with E-state index in [1.807, 2.05) is 0 Å². The van der Waals surface area contributed by atoms with Crippen LogP contribution in [0.1, 0.15) is 30.1 Å². The zero-order valence-corrected chi connectivity index (χ0v) is 8.76. The summed E-state index contributed by atoms with van der Waals surface area (Å²) in [6.07, 6.45) is 3.75. The van der Waals surface area contributed by atoms with Crippen molar-refractivity contribution in [3.63, 3.8) is 0 Å². The molecule has 2 aliphatic rings. The lowest BCUT2D eigenvalue weighted by Crippen LogP contribution is -2.31. The number of aromatic nitrogens is 2. The molecule has 1 fully saturated rings. The van der Waals surface area contributed by atoms with Crippen molar-refractivity contribution in [2.45, 2.75) is 31.3 Å². The zero-order valence-electron chi connectivity index (χ0n) is 6.60.